The zero-order valence-corrected chi connectivity index (χ0v) is 12.4. The molecule has 0 aromatic heterocycles. The molecular weight excluding hydrogens is 292 g/mol. The van der Waals surface area contributed by atoms with Crippen LogP contribution >= 0.6 is 15.9 Å². The van der Waals surface area contributed by atoms with Gasteiger partial charge in [0.1, 0.15) is 0 Å². The topological polar surface area (TPSA) is 38.5 Å². The molecule has 1 atom stereocenters. The predicted molar refractivity (Wildman–Crippen MR) is 79.1 cm³/mol. The third-order valence-corrected chi connectivity index (χ3v) is 3.89. The Labute approximate surface area is 117 Å². The molecule has 1 aliphatic rings. The highest BCUT2D eigenvalue weighted by Crippen LogP contribution is 2.26. The van der Waals surface area contributed by atoms with Crippen molar-refractivity contribution >= 4 is 21.6 Å². The third kappa shape index (κ3) is 3.46. The summed E-state index contributed by atoms with van der Waals surface area (Å²) in [6.07, 6.45) is 1.94. The second-order valence-corrected chi connectivity index (χ2v) is 5.66. The molecule has 18 heavy (non-hydrogen) atoms. The Bertz CT molecular complexity index is 391. The van der Waals surface area contributed by atoms with Crippen LogP contribution in [0.2, 0.25) is 0 Å². The molecule has 0 amide bonds. The van der Waals surface area contributed by atoms with Crippen LogP contribution in [0.3, 0.4) is 0 Å². The lowest BCUT2D eigenvalue weighted by molar-refractivity contribution is 0.122. The van der Waals surface area contributed by atoms with Gasteiger partial charge in [-0.1, -0.05) is 22.9 Å². The van der Waals surface area contributed by atoms with Crippen molar-refractivity contribution in [2.45, 2.75) is 25.8 Å². The molecule has 2 rings (SSSR count). The molecule has 1 aliphatic heterocycles. The number of nitrogens with zero attached hydrogens (tertiary/aromatic N) is 1. The van der Waals surface area contributed by atoms with E-state index in [1.165, 1.54) is 11.3 Å². The fourth-order valence-electron chi connectivity index (χ4n) is 2.26. The summed E-state index contributed by atoms with van der Waals surface area (Å²) < 4.78 is 6.53. The summed E-state index contributed by atoms with van der Waals surface area (Å²) in [5.74, 6) is 0. The first kappa shape index (κ1) is 13.8. The van der Waals surface area contributed by atoms with Gasteiger partial charge in [0.2, 0.25) is 0 Å². The number of hydrogen-bond donors (Lipinski definition) is 1. The molecule has 1 aromatic rings. The third-order valence-electron chi connectivity index (χ3n) is 3.40. The first-order valence-electron chi connectivity index (χ1n) is 6.57. The second-order valence-electron chi connectivity index (χ2n) is 4.74. The van der Waals surface area contributed by atoms with Gasteiger partial charge in [0.05, 0.1) is 13.2 Å². The molecule has 1 unspecified atom stereocenters. The summed E-state index contributed by atoms with van der Waals surface area (Å²) in [5.41, 5.74) is 8.74. The Hall–Kier alpha value is -0.580. The Morgan fingerprint density at radius 2 is 2.11 bits per heavy atom. The number of anilines is 1. The Morgan fingerprint density at radius 1 is 1.39 bits per heavy atom. The van der Waals surface area contributed by atoms with Crippen molar-refractivity contribution in [3.05, 3.63) is 28.2 Å². The lowest BCUT2D eigenvalue weighted by atomic mass is 10.0. The van der Waals surface area contributed by atoms with Gasteiger partial charge in [-0.3, -0.25) is 0 Å². The minimum absolute atomic E-state index is 0.235. The van der Waals surface area contributed by atoms with Gasteiger partial charge in [0.15, 0.2) is 0 Å². The lowest BCUT2D eigenvalue weighted by Gasteiger charge is -2.31. The number of halogens is 1. The van der Waals surface area contributed by atoms with Gasteiger partial charge >= 0.3 is 0 Å². The first-order chi connectivity index (χ1) is 8.70. The molecule has 1 saturated heterocycles. The standard InChI is InChI=1S/C14H21BrN2O/c1-2-13(16)10-11-9-12(15)3-4-14(11)17-5-7-18-8-6-17/h3-4,9,13H,2,5-8,10,16H2,1H3. The molecule has 1 fully saturated rings. The average molecular weight is 313 g/mol. The summed E-state index contributed by atoms with van der Waals surface area (Å²) in [5, 5.41) is 0. The molecular formula is C14H21BrN2O. The van der Waals surface area contributed by atoms with Crippen molar-refractivity contribution in [1.29, 1.82) is 0 Å². The van der Waals surface area contributed by atoms with E-state index in [0.717, 1.165) is 43.6 Å². The van der Waals surface area contributed by atoms with Crippen LogP contribution in [0.1, 0.15) is 18.9 Å². The summed E-state index contributed by atoms with van der Waals surface area (Å²) in [7, 11) is 0. The van der Waals surface area contributed by atoms with Gasteiger partial charge in [0.25, 0.3) is 0 Å². The number of ether oxygens (including phenoxy) is 1. The van der Waals surface area contributed by atoms with Crippen molar-refractivity contribution in [2.24, 2.45) is 5.73 Å². The Morgan fingerprint density at radius 3 is 2.78 bits per heavy atom. The van der Waals surface area contributed by atoms with E-state index >= 15 is 0 Å². The molecule has 1 aromatic carbocycles. The average Bonchev–Trinajstić information content (AvgIpc) is 2.40. The van der Waals surface area contributed by atoms with Crippen LogP contribution in [0.4, 0.5) is 5.69 Å². The number of benzene rings is 1. The maximum atomic E-state index is 6.09. The van der Waals surface area contributed by atoms with Gasteiger partial charge in [-0.25, -0.2) is 0 Å². The summed E-state index contributed by atoms with van der Waals surface area (Å²) in [6, 6.07) is 6.72. The van der Waals surface area contributed by atoms with E-state index in [-0.39, 0.29) is 6.04 Å². The zero-order valence-electron chi connectivity index (χ0n) is 10.9. The van der Waals surface area contributed by atoms with Crippen LogP contribution in [0.25, 0.3) is 0 Å². The second kappa shape index (κ2) is 6.55. The largest absolute Gasteiger partial charge is 0.378 e. The monoisotopic (exact) mass is 312 g/mol. The smallest absolute Gasteiger partial charge is 0.0642 e. The summed E-state index contributed by atoms with van der Waals surface area (Å²) in [6.45, 7) is 5.70. The van der Waals surface area contributed by atoms with Gasteiger partial charge in [-0.2, -0.15) is 0 Å². The maximum Gasteiger partial charge on any atom is 0.0642 e. The van der Waals surface area contributed by atoms with Gasteiger partial charge < -0.3 is 15.4 Å². The van der Waals surface area contributed by atoms with Crippen LogP contribution in [0.5, 0.6) is 0 Å². The minimum Gasteiger partial charge on any atom is -0.378 e. The normalized spacial score (nSPS) is 17.8. The van der Waals surface area contributed by atoms with E-state index < -0.39 is 0 Å². The fraction of sp³-hybridized carbons (Fsp3) is 0.571. The highest BCUT2D eigenvalue weighted by molar-refractivity contribution is 9.10. The molecule has 1 heterocycles. The molecule has 2 N–H and O–H groups in total. The highest BCUT2D eigenvalue weighted by Gasteiger charge is 2.16. The number of nitrogens with two attached hydrogens (primary N) is 1. The molecule has 0 radical (unpaired) electrons. The number of rotatable bonds is 4. The van der Waals surface area contributed by atoms with Crippen molar-refractivity contribution < 1.29 is 4.74 Å². The van der Waals surface area contributed by atoms with Crippen molar-refractivity contribution in [3.63, 3.8) is 0 Å². The van der Waals surface area contributed by atoms with Gasteiger partial charge in [0, 0.05) is 29.3 Å². The van der Waals surface area contributed by atoms with E-state index in [1.54, 1.807) is 0 Å². The van der Waals surface area contributed by atoms with Crippen LogP contribution < -0.4 is 10.6 Å². The lowest BCUT2D eigenvalue weighted by Crippen LogP contribution is -2.37. The van der Waals surface area contributed by atoms with E-state index in [2.05, 4.69) is 46.0 Å². The van der Waals surface area contributed by atoms with E-state index in [1.807, 2.05) is 0 Å². The van der Waals surface area contributed by atoms with Crippen LogP contribution in [-0.2, 0) is 11.2 Å². The predicted octanol–water partition coefficient (Wildman–Crippen LogP) is 2.57. The van der Waals surface area contributed by atoms with Crippen LogP contribution in [0, 0.1) is 0 Å². The zero-order chi connectivity index (χ0) is 13.0. The summed E-state index contributed by atoms with van der Waals surface area (Å²) in [4.78, 5) is 2.40. The van der Waals surface area contributed by atoms with Crippen molar-refractivity contribution in [2.75, 3.05) is 31.2 Å². The Balaban J connectivity index is 2.21. The molecule has 3 nitrogen and oxygen atoms in total. The van der Waals surface area contributed by atoms with Crippen molar-refractivity contribution in [3.8, 4) is 0 Å². The van der Waals surface area contributed by atoms with Crippen molar-refractivity contribution in [1.82, 2.24) is 0 Å². The van der Waals surface area contributed by atoms with Crippen LogP contribution in [-0.4, -0.2) is 32.3 Å². The van der Waals surface area contributed by atoms with E-state index in [9.17, 15) is 0 Å². The molecule has 0 spiro atoms. The molecule has 0 aliphatic carbocycles. The first-order valence-corrected chi connectivity index (χ1v) is 7.36. The SMILES string of the molecule is CCC(N)Cc1cc(Br)ccc1N1CCOCC1. The minimum atomic E-state index is 0.235. The molecule has 0 saturated carbocycles. The Kier molecular flexibility index (Phi) is 5.03. The molecule has 100 valence electrons. The van der Waals surface area contributed by atoms with Gasteiger partial charge in [-0.15, -0.1) is 0 Å². The highest BCUT2D eigenvalue weighted by atomic mass is 79.9. The van der Waals surface area contributed by atoms with Gasteiger partial charge in [-0.05, 0) is 36.6 Å². The molecule has 4 heteroatoms. The number of hydrogen-bond acceptors (Lipinski definition) is 3. The molecule has 0 bridgehead atoms. The van der Waals surface area contributed by atoms with E-state index in [4.69, 9.17) is 10.5 Å². The summed E-state index contributed by atoms with van der Waals surface area (Å²) >= 11 is 3.55. The van der Waals surface area contributed by atoms with Crippen LogP contribution in [0.15, 0.2) is 22.7 Å². The van der Waals surface area contributed by atoms with E-state index in [0.29, 0.717) is 0 Å². The maximum absolute atomic E-state index is 6.09. The quantitative estimate of drug-likeness (QED) is 0.928. The fourth-order valence-corrected chi connectivity index (χ4v) is 2.67. The number of morpholine rings is 1.